The fraction of sp³-hybridized carbons (Fsp3) is 0.136. The number of benzene rings is 2. The molecular weight excluding hydrogens is 380 g/mol. The lowest BCUT2D eigenvalue weighted by Crippen LogP contribution is -2.06. The van der Waals surface area contributed by atoms with Crippen LogP contribution in [-0.2, 0) is 0 Å². The standard InChI is InChI=1S/C22H22N6O2/c1-13-7-9-15-16(26-13)5-4-6-17(15)27-21-20(23)22(25-12-24-21)28-18-11-14(29-2)8-10-19(18)30-3/h4-12H,23H2,1-3H3,(H2,24,25,27,28). The van der Waals surface area contributed by atoms with E-state index in [-0.39, 0.29) is 0 Å². The second-order valence-electron chi connectivity index (χ2n) is 6.63. The van der Waals surface area contributed by atoms with Crippen molar-refractivity contribution >= 4 is 39.6 Å². The van der Waals surface area contributed by atoms with E-state index in [1.54, 1.807) is 14.2 Å². The van der Waals surface area contributed by atoms with Crippen LogP contribution in [0.2, 0.25) is 0 Å². The number of fused-ring (bicyclic) bond motifs is 1. The van der Waals surface area contributed by atoms with Gasteiger partial charge in [0.15, 0.2) is 11.6 Å². The topological polar surface area (TPSA) is 107 Å². The van der Waals surface area contributed by atoms with Gasteiger partial charge in [0.1, 0.15) is 23.5 Å². The van der Waals surface area contributed by atoms with Crippen LogP contribution in [0.3, 0.4) is 0 Å². The minimum absolute atomic E-state index is 0.374. The number of anilines is 5. The molecule has 2 aromatic carbocycles. The number of nitrogens with zero attached hydrogens (tertiary/aromatic N) is 3. The van der Waals surface area contributed by atoms with Crippen LogP contribution < -0.4 is 25.8 Å². The van der Waals surface area contributed by atoms with E-state index in [1.807, 2.05) is 55.5 Å². The van der Waals surface area contributed by atoms with Crippen molar-refractivity contribution in [2.24, 2.45) is 0 Å². The summed E-state index contributed by atoms with van der Waals surface area (Å²) in [5, 5.41) is 7.48. The second-order valence-corrected chi connectivity index (χ2v) is 6.63. The van der Waals surface area contributed by atoms with Gasteiger partial charge in [-0.15, -0.1) is 0 Å². The molecule has 0 spiro atoms. The van der Waals surface area contributed by atoms with Gasteiger partial charge in [-0.05, 0) is 43.3 Å². The molecule has 30 heavy (non-hydrogen) atoms. The Morgan fingerprint density at radius 1 is 0.867 bits per heavy atom. The summed E-state index contributed by atoms with van der Waals surface area (Å²) in [6.45, 7) is 1.97. The maximum absolute atomic E-state index is 6.37. The van der Waals surface area contributed by atoms with Gasteiger partial charge in [0.05, 0.1) is 25.4 Å². The molecule has 0 saturated carbocycles. The summed E-state index contributed by atoms with van der Waals surface area (Å²) >= 11 is 0. The normalized spacial score (nSPS) is 10.6. The molecule has 4 N–H and O–H groups in total. The van der Waals surface area contributed by atoms with Crippen LogP contribution >= 0.6 is 0 Å². The van der Waals surface area contributed by atoms with Crippen molar-refractivity contribution < 1.29 is 9.47 Å². The van der Waals surface area contributed by atoms with Crippen molar-refractivity contribution in [3.8, 4) is 11.5 Å². The molecule has 0 atom stereocenters. The summed E-state index contributed by atoms with van der Waals surface area (Å²) in [7, 11) is 3.20. The maximum atomic E-state index is 6.37. The summed E-state index contributed by atoms with van der Waals surface area (Å²) in [6.07, 6.45) is 1.45. The first-order valence-electron chi connectivity index (χ1n) is 9.32. The van der Waals surface area contributed by atoms with E-state index >= 15 is 0 Å². The number of methoxy groups -OCH3 is 2. The summed E-state index contributed by atoms with van der Waals surface area (Å²) in [4.78, 5) is 13.2. The molecule has 0 aliphatic heterocycles. The maximum Gasteiger partial charge on any atom is 0.159 e. The number of aromatic nitrogens is 3. The van der Waals surface area contributed by atoms with Gasteiger partial charge in [-0.2, -0.15) is 0 Å². The molecule has 8 heteroatoms. The van der Waals surface area contributed by atoms with E-state index in [1.165, 1.54) is 6.33 Å². The average Bonchev–Trinajstić information content (AvgIpc) is 2.76. The van der Waals surface area contributed by atoms with E-state index in [9.17, 15) is 0 Å². The molecular formula is C22H22N6O2. The zero-order chi connectivity index (χ0) is 21.1. The molecule has 0 radical (unpaired) electrons. The highest BCUT2D eigenvalue weighted by atomic mass is 16.5. The van der Waals surface area contributed by atoms with Crippen molar-refractivity contribution in [2.45, 2.75) is 6.92 Å². The zero-order valence-corrected chi connectivity index (χ0v) is 16.9. The van der Waals surface area contributed by atoms with E-state index < -0.39 is 0 Å². The van der Waals surface area contributed by atoms with Crippen LogP contribution in [0.4, 0.5) is 28.7 Å². The predicted molar refractivity (Wildman–Crippen MR) is 119 cm³/mol. The molecule has 0 fully saturated rings. The van der Waals surface area contributed by atoms with Gasteiger partial charge >= 0.3 is 0 Å². The number of nitrogens with one attached hydrogen (secondary N) is 2. The minimum atomic E-state index is 0.374. The van der Waals surface area contributed by atoms with Gasteiger partial charge in [-0.3, -0.25) is 4.98 Å². The number of rotatable bonds is 6. The van der Waals surface area contributed by atoms with Crippen molar-refractivity contribution in [3.63, 3.8) is 0 Å². The molecule has 4 aromatic rings. The number of nitrogen functional groups attached to an aromatic ring is 1. The first-order chi connectivity index (χ1) is 14.6. The molecule has 4 rings (SSSR count). The molecule has 0 aliphatic rings. The van der Waals surface area contributed by atoms with Crippen LogP contribution in [0.25, 0.3) is 10.9 Å². The van der Waals surface area contributed by atoms with Crippen molar-refractivity contribution in [1.82, 2.24) is 15.0 Å². The molecule has 2 aromatic heterocycles. The highest BCUT2D eigenvalue weighted by Crippen LogP contribution is 2.35. The third kappa shape index (κ3) is 3.75. The molecule has 8 nitrogen and oxygen atoms in total. The van der Waals surface area contributed by atoms with Crippen LogP contribution in [0.15, 0.2) is 54.9 Å². The third-order valence-electron chi connectivity index (χ3n) is 4.67. The molecule has 0 amide bonds. The van der Waals surface area contributed by atoms with Crippen LogP contribution in [0.5, 0.6) is 11.5 Å². The number of ether oxygens (including phenoxy) is 2. The Balaban J connectivity index is 1.68. The lowest BCUT2D eigenvalue weighted by molar-refractivity contribution is 0.405. The minimum Gasteiger partial charge on any atom is -0.497 e. The van der Waals surface area contributed by atoms with Crippen LogP contribution in [0, 0.1) is 6.92 Å². The van der Waals surface area contributed by atoms with Crippen molar-refractivity contribution in [1.29, 1.82) is 0 Å². The fourth-order valence-electron chi connectivity index (χ4n) is 3.13. The Labute approximate surface area is 174 Å². The molecule has 152 valence electrons. The quantitative estimate of drug-likeness (QED) is 0.435. The Kier molecular flexibility index (Phi) is 5.21. The molecule has 0 saturated heterocycles. The summed E-state index contributed by atoms with van der Waals surface area (Å²) in [5.41, 5.74) is 10.1. The van der Waals surface area contributed by atoms with Crippen molar-refractivity contribution in [2.75, 3.05) is 30.6 Å². The highest BCUT2D eigenvalue weighted by molar-refractivity contribution is 5.94. The Morgan fingerprint density at radius 2 is 1.63 bits per heavy atom. The van der Waals surface area contributed by atoms with Gasteiger partial charge in [-0.1, -0.05) is 6.07 Å². The van der Waals surface area contributed by atoms with Gasteiger partial charge < -0.3 is 25.8 Å². The fourth-order valence-corrected chi connectivity index (χ4v) is 3.13. The Morgan fingerprint density at radius 3 is 2.37 bits per heavy atom. The number of nitrogens with two attached hydrogens (primary N) is 1. The Bertz CT molecular complexity index is 1210. The SMILES string of the molecule is COc1ccc(OC)c(Nc2ncnc(Nc3cccc4nc(C)ccc34)c2N)c1. The van der Waals surface area contributed by atoms with Crippen molar-refractivity contribution in [3.05, 3.63) is 60.6 Å². The summed E-state index contributed by atoms with van der Waals surface area (Å²) in [5.74, 6) is 2.26. The summed E-state index contributed by atoms with van der Waals surface area (Å²) < 4.78 is 10.7. The molecule has 0 unspecified atom stereocenters. The molecule has 2 heterocycles. The number of hydrogen-bond donors (Lipinski definition) is 3. The monoisotopic (exact) mass is 402 g/mol. The molecule has 0 bridgehead atoms. The Hall–Kier alpha value is -4.07. The van der Waals surface area contributed by atoms with Crippen LogP contribution in [-0.4, -0.2) is 29.2 Å². The van der Waals surface area contributed by atoms with E-state index in [2.05, 4.69) is 25.6 Å². The lowest BCUT2D eigenvalue weighted by atomic mass is 10.1. The van der Waals surface area contributed by atoms with Gasteiger partial charge in [-0.25, -0.2) is 9.97 Å². The van der Waals surface area contributed by atoms with E-state index in [0.717, 1.165) is 22.3 Å². The van der Waals surface area contributed by atoms with Gasteiger partial charge in [0.25, 0.3) is 0 Å². The number of hydrogen-bond acceptors (Lipinski definition) is 8. The van der Waals surface area contributed by atoms with Gasteiger partial charge in [0.2, 0.25) is 0 Å². The van der Waals surface area contributed by atoms with Crippen LogP contribution in [0.1, 0.15) is 5.69 Å². The summed E-state index contributed by atoms with van der Waals surface area (Å²) in [6, 6.07) is 15.3. The predicted octanol–water partition coefficient (Wildman–Crippen LogP) is 4.42. The molecule has 0 aliphatic carbocycles. The largest absolute Gasteiger partial charge is 0.497 e. The highest BCUT2D eigenvalue weighted by Gasteiger charge is 2.13. The van der Waals surface area contributed by atoms with E-state index in [0.29, 0.717) is 34.5 Å². The first-order valence-corrected chi connectivity index (χ1v) is 9.32. The van der Waals surface area contributed by atoms with Gasteiger partial charge in [0, 0.05) is 22.8 Å². The zero-order valence-electron chi connectivity index (χ0n) is 16.9. The number of aryl methyl sites for hydroxylation is 1. The second kappa shape index (κ2) is 8.12. The smallest absolute Gasteiger partial charge is 0.159 e. The van der Waals surface area contributed by atoms with E-state index in [4.69, 9.17) is 15.2 Å². The number of pyridine rings is 1. The third-order valence-corrected chi connectivity index (χ3v) is 4.67. The average molecular weight is 402 g/mol. The first kappa shape index (κ1) is 19.3. The lowest BCUT2D eigenvalue weighted by Gasteiger charge is -2.16.